The summed E-state index contributed by atoms with van der Waals surface area (Å²) in [6, 6.07) is 0. The predicted molar refractivity (Wildman–Crippen MR) is 45.8 cm³/mol. The molecule has 1 fully saturated rings. The summed E-state index contributed by atoms with van der Waals surface area (Å²) in [6.07, 6.45) is 0. The molecular weight excluding hydrogens is 185 g/mol. The molecule has 0 bridgehead atoms. The van der Waals surface area contributed by atoms with Gasteiger partial charge in [0.05, 0.1) is 0 Å². The largest absolute Gasteiger partial charge is 0.353 e. The average molecular weight is 196 g/mol. The molecule has 1 unspecified atom stereocenters. The van der Waals surface area contributed by atoms with E-state index < -0.39 is 4.33 Å². The van der Waals surface area contributed by atoms with E-state index in [1.54, 1.807) is 0 Å². The second-order valence-corrected chi connectivity index (χ2v) is 4.57. The minimum absolute atomic E-state index is 0.0262. The SMILES string of the molecule is CC(C)C1CNC(=O)C1(Cl)Cl. The van der Waals surface area contributed by atoms with E-state index in [1.165, 1.54) is 0 Å². The highest BCUT2D eigenvalue weighted by Crippen LogP contribution is 2.38. The quantitative estimate of drug-likeness (QED) is 0.633. The van der Waals surface area contributed by atoms with Gasteiger partial charge in [0.2, 0.25) is 0 Å². The number of rotatable bonds is 1. The first kappa shape index (κ1) is 9.14. The molecule has 1 atom stereocenters. The molecule has 1 saturated heterocycles. The van der Waals surface area contributed by atoms with Gasteiger partial charge in [-0.05, 0) is 5.92 Å². The van der Waals surface area contributed by atoms with Crippen LogP contribution < -0.4 is 5.32 Å². The van der Waals surface area contributed by atoms with Gasteiger partial charge in [-0.2, -0.15) is 0 Å². The summed E-state index contributed by atoms with van der Waals surface area (Å²) < 4.78 is -1.21. The third-order valence-corrected chi connectivity index (χ3v) is 2.96. The molecule has 0 radical (unpaired) electrons. The van der Waals surface area contributed by atoms with Gasteiger partial charge >= 0.3 is 0 Å². The van der Waals surface area contributed by atoms with E-state index in [2.05, 4.69) is 5.32 Å². The summed E-state index contributed by atoms with van der Waals surface area (Å²) in [7, 11) is 0. The second kappa shape index (κ2) is 2.83. The Morgan fingerprint density at radius 1 is 1.64 bits per heavy atom. The lowest BCUT2D eigenvalue weighted by Gasteiger charge is -2.21. The number of alkyl halides is 2. The number of carbonyl (C=O) groups is 1. The molecule has 1 rings (SSSR count). The van der Waals surface area contributed by atoms with E-state index >= 15 is 0 Å². The number of halogens is 2. The van der Waals surface area contributed by atoms with Crippen LogP contribution in [-0.2, 0) is 4.79 Å². The van der Waals surface area contributed by atoms with Crippen molar-refractivity contribution in [1.82, 2.24) is 5.32 Å². The molecule has 1 N–H and O–H groups in total. The van der Waals surface area contributed by atoms with E-state index in [4.69, 9.17) is 23.2 Å². The van der Waals surface area contributed by atoms with Crippen LogP contribution in [0.25, 0.3) is 0 Å². The molecule has 0 aromatic rings. The molecular formula is C7H11Cl2NO. The Hall–Kier alpha value is 0.0500. The van der Waals surface area contributed by atoms with E-state index in [0.717, 1.165) is 0 Å². The Bertz CT molecular complexity index is 179. The van der Waals surface area contributed by atoms with Crippen LogP contribution in [-0.4, -0.2) is 16.8 Å². The van der Waals surface area contributed by atoms with Crippen LogP contribution in [0.1, 0.15) is 13.8 Å². The Balaban J connectivity index is 2.78. The molecule has 0 aromatic carbocycles. The lowest BCUT2D eigenvalue weighted by atomic mass is 9.94. The zero-order valence-electron chi connectivity index (χ0n) is 6.53. The van der Waals surface area contributed by atoms with Gasteiger partial charge in [-0.1, -0.05) is 37.0 Å². The van der Waals surface area contributed by atoms with E-state index in [-0.39, 0.29) is 11.8 Å². The van der Waals surface area contributed by atoms with Crippen LogP contribution in [0, 0.1) is 11.8 Å². The minimum atomic E-state index is -1.21. The van der Waals surface area contributed by atoms with Crippen molar-refractivity contribution < 1.29 is 4.79 Å². The average Bonchev–Trinajstić information content (AvgIpc) is 2.08. The molecule has 4 heteroatoms. The van der Waals surface area contributed by atoms with Gasteiger partial charge in [-0.25, -0.2) is 0 Å². The first-order valence-corrected chi connectivity index (χ1v) is 4.38. The lowest BCUT2D eigenvalue weighted by molar-refractivity contribution is -0.120. The van der Waals surface area contributed by atoms with Crippen LogP contribution in [0.3, 0.4) is 0 Å². The number of nitrogens with one attached hydrogen (secondary N) is 1. The van der Waals surface area contributed by atoms with Crippen molar-refractivity contribution in [2.24, 2.45) is 11.8 Å². The Morgan fingerprint density at radius 2 is 2.18 bits per heavy atom. The Morgan fingerprint density at radius 3 is 2.36 bits per heavy atom. The summed E-state index contributed by atoms with van der Waals surface area (Å²) >= 11 is 11.7. The van der Waals surface area contributed by atoms with Crippen molar-refractivity contribution in [3.63, 3.8) is 0 Å². The second-order valence-electron chi connectivity index (χ2n) is 3.18. The highest BCUT2D eigenvalue weighted by molar-refractivity contribution is 6.58. The molecule has 2 nitrogen and oxygen atoms in total. The first-order valence-electron chi connectivity index (χ1n) is 3.62. The first-order chi connectivity index (χ1) is 4.96. The standard InChI is InChI=1S/C7H11Cl2NO/c1-4(2)5-3-10-6(11)7(5,8)9/h4-5H,3H2,1-2H3,(H,10,11). The predicted octanol–water partition coefficient (Wildman–Crippen LogP) is 1.56. The lowest BCUT2D eigenvalue weighted by Crippen LogP contribution is -2.32. The van der Waals surface area contributed by atoms with Crippen LogP contribution in [0.15, 0.2) is 0 Å². The molecule has 64 valence electrons. The monoisotopic (exact) mass is 195 g/mol. The highest BCUT2D eigenvalue weighted by Gasteiger charge is 2.48. The molecule has 1 aliphatic heterocycles. The zero-order chi connectivity index (χ0) is 8.65. The van der Waals surface area contributed by atoms with Gasteiger partial charge in [-0.3, -0.25) is 4.79 Å². The maximum Gasteiger partial charge on any atom is 0.256 e. The number of amides is 1. The molecule has 1 heterocycles. The van der Waals surface area contributed by atoms with Crippen molar-refractivity contribution in [2.45, 2.75) is 18.2 Å². The third kappa shape index (κ3) is 1.47. The van der Waals surface area contributed by atoms with Crippen LogP contribution in [0.4, 0.5) is 0 Å². The molecule has 11 heavy (non-hydrogen) atoms. The maximum atomic E-state index is 11.0. The topological polar surface area (TPSA) is 29.1 Å². The number of hydrogen-bond donors (Lipinski definition) is 1. The molecule has 0 aliphatic carbocycles. The normalized spacial score (nSPS) is 29.2. The van der Waals surface area contributed by atoms with Gasteiger partial charge in [0.25, 0.3) is 5.91 Å². The molecule has 0 saturated carbocycles. The molecule has 1 amide bonds. The molecule has 0 spiro atoms. The Labute approximate surface area is 76.2 Å². The van der Waals surface area contributed by atoms with Crippen LogP contribution in [0.5, 0.6) is 0 Å². The summed E-state index contributed by atoms with van der Waals surface area (Å²) in [5.74, 6) is 0.0850. The van der Waals surface area contributed by atoms with E-state index in [1.807, 2.05) is 13.8 Å². The van der Waals surface area contributed by atoms with Crippen molar-refractivity contribution in [3.05, 3.63) is 0 Å². The van der Waals surface area contributed by atoms with Gasteiger partial charge in [-0.15, -0.1) is 0 Å². The third-order valence-electron chi connectivity index (χ3n) is 2.06. The summed E-state index contributed by atoms with van der Waals surface area (Å²) in [5, 5.41) is 2.64. The van der Waals surface area contributed by atoms with Crippen LogP contribution in [0.2, 0.25) is 0 Å². The summed E-state index contributed by atoms with van der Waals surface area (Å²) in [4.78, 5) is 11.0. The van der Waals surface area contributed by atoms with E-state index in [0.29, 0.717) is 12.5 Å². The van der Waals surface area contributed by atoms with Crippen molar-refractivity contribution >= 4 is 29.1 Å². The van der Waals surface area contributed by atoms with Gasteiger partial charge in [0.15, 0.2) is 4.33 Å². The summed E-state index contributed by atoms with van der Waals surface area (Å²) in [6.45, 7) is 4.60. The smallest absolute Gasteiger partial charge is 0.256 e. The maximum absolute atomic E-state index is 11.0. The summed E-state index contributed by atoms with van der Waals surface area (Å²) in [5.41, 5.74) is 0. The molecule has 0 aromatic heterocycles. The number of hydrogen-bond acceptors (Lipinski definition) is 1. The highest BCUT2D eigenvalue weighted by atomic mass is 35.5. The number of carbonyl (C=O) groups excluding carboxylic acids is 1. The minimum Gasteiger partial charge on any atom is -0.353 e. The fourth-order valence-corrected chi connectivity index (χ4v) is 2.06. The zero-order valence-corrected chi connectivity index (χ0v) is 8.04. The van der Waals surface area contributed by atoms with E-state index in [9.17, 15) is 4.79 Å². The van der Waals surface area contributed by atoms with Gasteiger partial charge < -0.3 is 5.32 Å². The molecule has 1 aliphatic rings. The fraction of sp³-hybridized carbons (Fsp3) is 0.857. The van der Waals surface area contributed by atoms with Crippen molar-refractivity contribution in [2.75, 3.05) is 6.54 Å². The fourth-order valence-electron chi connectivity index (χ4n) is 1.27. The van der Waals surface area contributed by atoms with Crippen LogP contribution >= 0.6 is 23.2 Å². The van der Waals surface area contributed by atoms with Gasteiger partial charge in [0.1, 0.15) is 0 Å². The van der Waals surface area contributed by atoms with Crippen molar-refractivity contribution in [1.29, 1.82) is 0 Å². The Kier molecular flexibility index (Phi) is 2.35. The van der Waals surface area contributed by atoms with Crippen molar-refractivity contribution in [3.8, 4) is 0 Å². The van der Waals surface area contributed by atoms with Gasteiger partial charge in [0, 0.05) is 12.5 Å².